The third-order valence-electron chi connectivity index (χ3n) is 6.08. The molecular formula is C29H34N6O2. The number of aromatic amines is 1. The number of rotatable bonds is 6. The van der Waals surface area contributed by atoms with Gasteiger partial charge in [0.2, 0.25) is 11.9 Å². The third kappa shape index (κ3) is 6.52. The number of ether oxygens (including phenoxy) is 1. The van der Waals surface area contributed by atoms with Crippen LogP contribution in [0.1, 0.15) is 53.6 Å². The first kappa shape index (κ1) is 25.9. The van der Waals surface area contributed by atoms with Crippen molar-refractivity contribution >= 4 is 28.7 Å². The number of nitrogens with one attached hydrogen (secondary N) is 3. The molecule has 192 valence electrons. The number of aliphatic imine (C=N–C) groups is 1. The number of anilines is 1. The molecular weight excluding hydrogens is 464 g/mol. The van der Waals surface area contributed by atoms with Crippen molar-refractivity contribution < 1.29 is 9.53 Å². The van der Waals surface area contributed by atoms with E-state index in [1.165, 1.54) is 0 Å². The van der Waals surface area contributed by atoms with Crippen LogP contribution >= 0.6 is 0 Å². The van der Waals surface area contributed by atoms with Crippen LogP contribution in [-0.4, -0.2) is 40.5 Å². The highest BCUT2D eigenvalue weighted by atomic mass is 16.5. The van der Waals surface area contributed by atoms with Crippen LogP contribution in [-0.2, 0) is 11.8 Å². The number of amides is 1. The number of hydrogen-bond acceptors (Lipinski definition) is 5. The fourth-order valence-corrected chi connectivity index (χ4v) is 4.08. The number of methoxy groups -OCH3 is 1. The zero-order valence-electron chi connectivity index (χ0n) is 22.3. The van der Waals surface area contributed by atoms with Gasteiger partial charge in [-0.15, -0.1) is 0 Å². The first-order chi connectivity index (χ1) is 17.6. The Morgan fingerprint density at radius 2 is 1.73 bits per heavy atom. The van der Waals surface area contributed by atoms with Gasteiger partial charge in [0.15, 0.2) is 0 Å². The number of H-pyrrole nitrogens is 1. The van der Waals surface area contributed by atoms with Gasteiger partial charge in [-0.05, 0) is 73.2 Å². The van der Waals surface area contributed by atoms with E-state index in [2.05, 4.69) is 51.3 Å². The molecule has 0 fully saturated rings. The Balaban J connectivity index is 1.55. The average Bonchev–Trinajstić information content (AvgIpc) is 3.25. The lowest BCUT2D eigenvalue weighted by Crippen LogP contribution is -2.37. The second-order valence-corrected chi connectivity index (χ2v) is 10.1. The molecule has 3 N–H and O–H groups in total. The molecule has 0 aliphatic heterocycles. The number of carbonyl (C=O) groups is 1. The van der Waals surface area contributed by atoms with Crippen LogP contribution in [0.25, 0.3) is 10.9 Å². The highest BCUT2D eigenvalue weighted by Gasteiger charge is 2.16. The maximum Gasteiger partial charge on any atom is 0.257 e. The van der Waals surface area contributed by atoms with Crippen molar-refractivity contribution in [1.29, 1.82) is 0 Å². The van der Waals surface area contributed by atoms with E-state index in [1.807, 2.05) is 68.6 Å². The van der Waals surface area contributed by atoms with E-state index in [1.54, 1.807) is 7.11 Å². The molecule has 1 amide bonds. The maximum atomic E-state index is 13.1. The fraction of sp³-hybridized carbons (Fsp3) is 0.310. The van der Waals surface area contributed by atoms with Gasteiger partial charge in [-0.3, -0.25) is 20.4 Å². The van der Waals surface area contributed by atoms with Crippen LogP contribution < -0.4 is 15.4 Å². The number of hydrogen-bond donors (Lipinski definition) is 3. The van der Waals surface area contributed by atoms with Crippen molar-refractivity contribution in [1.82, 2.24) is 20.3 Å². The lowest BCUT2D eigenvalue weighted by Gasteiger charge is -2.19. The van der Waals surface area contributed by atoms with E-state index in [4.69, 9.17) is 4.74 Å². The summed E-state index contributed by atoms with van der Waals surface area (Å²) >= 11 is 0. The van der Waals surface area contributed by atoms with E-state index in [0.717, 1.165) is 39.2 Å². The van der Waals surface area contributed by atoms with Crippen LogP contribution in [0.5, 0.6) is 5.75 Å². The van der Waals surface area contributed by atoms with Crippen molar-refractivity contribution in [2.24, 2.45) is 4.99 Å². The van der Waals surface area contributed by atoms with Gasteiger partial charge in [0.25, 0.3) is 5.91 Å². The normalized spacial score (nSPS) is 12.0. The molecule has 8 heteroatoms. The predicted molar refractivity (Wildman–Crippen MR) is 149 cm³/mol. The minimum atomic E-state index is -0.257. The molecule has 2 aromatic heterocycles. The highest BCUT2D eigenvalue weighted by Crippen LogP contribution is 2.24. The topological polar surface area (TPSA) is 104 Å². The van der Waals surface area contributed by atoms with Crippen LogP contribution in [0.15, 0.2) is 59.7 Å². The minimum absolute atomic E-state index is 0.00989. The largest absolute Gasteiger partial charge is 0.497 e. The van der Waals surface area contributed by atoms with Crippen LogP contribution in [0, 0.1) is 13.8 Å². The first-order valence-corrected chi connectivity index (χ1v) is 12.3. The van der Waals surface area contributed by atoms with Gasteiger partial charge in [0, 0.05) is 40.6 Å². The number of benzene rings is 2. The lowest BCUT2D eigenvalue weighted by atomic mass is 9.87. The van der Waals surface area contributed by atoms with E-state index >= 15 is 0 Å². The van der Waals surface area contributed by atoms with E-state index < -0.39 is 0 Å². The first-order valence-electron chi connectivity index (χ1n) is 12.3. The summed E-state index contributed by atoms with van der Waals surface area (Å²) in [6.45, 7) is 10.7. The van der Waals surface area contributed by atoms with Crippen molar-refractivity contribution in [3.05, 3.63) is 82.8 Å². The summed E-state index contributed by atoms with van der Waals surface area (Å²) in [4.78, 5) is 29.9. The minimum Gasteiger partial charge on any atom is -0.497 e. The Labute approximate surface area is 217 Å². The maximum absolute atomic E-state index is 13.1. The summed E-state index contributed by atoms with van der Waals surface area (Å²) in [6.07, 6.45) is 2.65. The Morgan fingerprint density at radius 3 is 2.38 bits per heavy atom. The number of fused-ring (bicyclic) bond motifs is 1. The Morgan fingerprint density at radius 1 is 1.03 bits per heavy atom. The predicted octanol–water partition coefficient (Wildman–Crippen LogP) is 5.32. The molecule has 4 rings (SSSR count). The van der Waals surface area contributed by atoms with Crippen LogP contribution in [0.4, 0.5) is 5.95 Å². The standard InChI is InChI=1S/C29H34N6O2/c1-18-15-19(2)33-28(32-18)35-27(34-26(36)20-7-9-22(10-8-20)29(3,4)5)30-14-13-21-17-31-25-12-11-23(37-6)16-24(21)25/h7-12,15-17,31H,13-14H2,1-6H3,(H2,30,32,33,34,35,36). The molecule has 0 saturated carbocycles. The smallest absolute Gasteiger partial charge is 0.257 e. The summed E-state index contributed by atoms with van der Waals surface area (Å²) < 4.78 is 5.37. The molecule has 0 saturated heterocycles. The molecule has 0 aliphatic rings. The molecule has 0 atom stereocenters. The number of aryl methyl sites for hydroxylation is 2. The van der Waals surface area contributed by atoms with Crippen LogP contribution in [0.3, 0.4) is 0 Å². The quantitative estimate of drug-likeness (QED) is 0.246. The molecule has 2 heterocycles. The van der Waals surface area contributed by atoms with Gasteiger partial charge in [-0.2, -0.15) is 0 Å². The summed E-state index contributed by atoms with van der Waals surface area (Å²) in [5.74, 6) is 1.23. The molecule has 2 aromatic carbocycles. The molecule has 0 aliphatic carbocycles. The second-order valence-electron chi connectivity index (χ2n) is 10.1. The van der Waals surface area contributed by atoms with Gasteiger partial charge in [-0.25, -0.2) is 9.97 Å². The summed E-state index contributed by atoms with van der Waals surface area (Å²) in [5, 5.41) is 7.09. The average molecular weight is 499 g/mol. The van der Waals surface area contributed by atoms with Gasteiger partial charge in [0.05, 0.1) is 7.11 Å². The molecule has 8 nitrogen and oxygen atoms in total. The third-order valence-corrected chi connectivity index (χ3v) is 6.08. The van der Waals surface area contributed by atoms with Crippen molar-refractivity contribution in [3.8, 4) is 5.75 Å². The summed E-state index contributed by atoms with van der Waals surface area (Å²) in [6, 6.07) is 15.5. The molecule has 4 aromatic rings. The Hall–Kier alpha value is -4.20. The summed E-state index contributed by atoms with van der Waals surface area (Å²) in [7, 11) is 1.66. The SMILES string of the molecule is COc1ccc2[nH]cc(CCN=C(NC(=O)c3ccc(C(C)(C)C)cc3)Nc3nc(C)cc(C)n3)c2c1. The molecule has 0 spiro atoms. The molecule has 0 unspecified atom stereocenters. The van der Waals surface area contributed by atoms with E-state index in [9.17, 15) is 4.79 Å². The Kier molecular flexibility index (Phi) is 7.57. The Bertz CT molecular complexity index is 1410. The van der Waals surface area contributed by atoms with Crippen molar-refractivity contribution in [2.45, 2.75) is 46.5 Å². The lowest BCUT2D eigenvalue weighted by molar-refractivity contribution is 0.0977. The second kappa shape index (κ2) is 10.8. The van der Waals surface area contributed by atoms with E-state index in [0.29, 0.717) is 30.4 Å². The monoisotopic (exact) mass is 498 g/mol. The number of guanidine groups is 1. The van der Waals surface area contributed by atoms with Gasteiger partial charge >= 0.3 is 0 Å². The highest BCUT2D eigenvalue weighted by molar-refractivity contribution is 6.09. The zero-order chi connectivity index (χ0) is 26.6. The van der Waals surface area contributed by atoms with E-state index in [-0.39, 0.29) is 11.3 Å². The molecule has 0 bridgehead atoms. The molecule has 0 radical (unpaired) electrons. The van der Waals surface area contributed by atoms with Crippen LogP contribution in [0.2, 0.25) is 0 Å². The van der Waals surface area contributed by atoms with Crippen molar-refractivity contribution in [2.75, 3.05) is 19.0 Å². The number of carbonyl (C=O) groups excluding carboxylic acids is 1. The van der Waals surface area contributed by atoms with Gasteiger partial charge in [0.1, 0.15) is 5.75 Å². The van der Waals surface area contributed by atoms with Gasteiger partial charge < -0.3 is 9.72 Å². The molecule has 37 heavy (non-hydrogen) atoms. The zero-order valence-corrected chi connectivity index (χ0v) is 22.3. The van der Waals surface area contributed by atoms with Crippen molar-refractivity contribution in [3.63, 3.8) is 0 Å². The number of aromatic nitrogens is 3. The number of nitrogens with zero attached hydrogens (tertiary/aromatic N) is 3. The fourth-order valence-electron chi connectivity index (χ4n) is 4.08. The van der Waals surface area contributed by atoms with Gasteiger partial charge in [-0.1, -0.05) is 32.9 Å². The summed E-state index contributed by atoms with van der Waals surface area (Å²) in [5.41, 5.74) is 5.52.